The Morgan fingerprint density at radius 1 is 1.17 bits per heavy atom. The highest BCUT2D eigenvalue weighted by Gasteiger charge is 2.20. The van der Waals surface area contributed by atoms with Gasteiger partial charge in [-0.1, -0.05) is 11.6 Å². The first-order valence-electron chi connectivity index (χ1n) is 5.04. The first kappa shape index (κ1) is 13.4. The lowest BCUT2D eigenvalue weighted by Gasteiger charge is -2.12. The largest absolute Gasteiger partial charge is 0.388 e. The lowest BCUT2D eigenvalue weighted by molar-refractivity contribution is 0.169. The van der Waals surface area contributed by atoms with Crippen LogP contribution in [0.2, 0.25) is 4.34 Å². The third-order valence-electron chi connectivity index (χ3n) is 2.40. The Bertz CT molecular complexity index is 547. The molecule has 1 N–H and O–H groups in total. The summed E-state index contributed by atoms with van der Waals surface area (Å²) in [5.74, 6) is -3.20. The molecule has 18 heavy (non-hydrogen) atoms. The second-order valence-corrected chi connectivity index (χ2v) is 5.51. The van der Waals surface area contributed by atoms with Gasteiger partial charge >= 0.3 is 0 Å². The first-order chi connectivity index (χ1) is 8.47. The molecular weight excluding hydrogens is 285 g/mol. The van der Waals surface area contributed by atoms with Crippen molar-refractivity contribution in [3.63, 3.8) is 0 Å². The molecule has 0 amide bonds. The molecule has 6 heteroatoms. The summed E-state index contributed by atoms with van der Waals surface area (Å²) in [5, 5.41) is 9.80. The van der Waals surface area contributed by atoms with Crippen molar-refractivity contribution < 1.29 is 18.3 Å². The number of aliphatic hydroxyl groups is 1. The minimum Gasteiger partial charge on any atom is -0.388 e. The Morgan fingerprint density at radius 2 is 1.78 bits per heavy atom. The van der Waals surface area contributed by atoms with Crippen molar-refractivity contribution in [3.8, 4) is 0 Å². The number of hydrogen-bond donors (Lipinski definition) is 1. The Morgan fingerprint density at radius 3 is 2.28 bits per heavy atom. The Labute approximate surface area is 110 Å². The fourth-order valence-corrected chi connectivity index (χ4v) is 2.75. The van der Waals surface area contributed by atoms with E-state index >= 15 is 0 Å². The summed E-state index contributed by atoms with van der Waals surface area (Å²) in [5.41, 5.74) is -0.527. The molecule has 1 heterocycles. The Balaban J connectivity index is 2.26. The van der Waals surface area contributed by atoms with Gasteiger partial charge in [0.25, 0.3) is 0 Å². The molecule has 96 valence electrons. The molecule has 1 aromatic heterocycles. The molecule has 0 saturated heterocycles. The monoisotopic (exact) mass is 292 g/mol. The molecule has 0 aliphatic carbocycles. The number of halogens is 4. The molecule has 2 aromatic rings. The SMILES string of the molecule is OC(Cc1ccc(Cl)s1)c1c(F)cc(F)cc1F. The predicted octanol–water partition coefficient (Wildman–Crippen LogP) is 4.09. The van der Waals surface area contributed by atoms with E-state index < -0.39 is 29.1 Å². The molecule has 1 nitrogen and oxygen atoms in total. The number of hydrogen-bond acceptors (Lipinski definition) is 2. The van der Waals surface area contributed by atoms with Gasteiger partial charge in [0, 0.05) is 23.4 Å². The maximum Gasteiger partial charge on any atom is 0.134 e. The summed E-state index contributed by atoms with van der Waals surface area (Å²) in [6.45, 7) is 0. The Hall–Kier alpha value is -1.04. The lowest BCUT2D eigenvalue weighted by atomic mass is 10.0. The van der Waals surface area contributed by atoms with E-state index in [1.165, 1.54) is 11.3 Å². The summed E-state index contributed by atoms with van der Waals surface area (Å²) in [4.78, 5) is 0.690. The maximum atomic E-state index is 13.4. The van der Waals surface area contributed by atoms with Crippen LogP contribution in [0, 0.1) is 17.5 Å². The van der Waals surface area contributed by atoms with Crippen molar-refractivity contribution in [3.05, 3.63) is 56.5 Å². The van der Waals surface area contributed by atoms with Crippen LogP contribution in [0.5, 0.6) is 0 Å². The van der Waals surface area contributed by atoms with Crippen LogP contribution >= 0.6 is 22.9 Å². The summed E-state index contributed by atoms with van der Waals surface area (Å²) in [7, 11) is 0. The van der Waals surface area contributed by atoms with Gasteiger partial charge < -0.3 is 5.11 Å². The van der Waals surface area contributed by atoms with Gasteiger partial charge in [0.1, 0.15) is 17.5 Å². The molecule has 0 aliphatic heterocycles. The van der Waals surface area contributed by atoms with Crippen LogP contribution in [-0.4, -0.2) is 5.11 Å². The zero-order valence-corrected chi connectivity index (χ0v) is 10.5. The molecule has 1 aromatic carbocycles. The van der Waals surface area contributed by atoms with Crippen LogP contribution in [0.25, 0.3) is 0 Å². The van der Waals surface area contributed by atoms with Crippen LogP contribution in [-0.2, 0) is 6.42 Å². The summed E-state index contributed by atoms with van der Waals surface area (Å²) in [6, 6.07) is 4.38. The maximum absolute atomic E-state index is 13.4. The molecule has 0 saturated carbocycles. The highest BCUT2D eigenvalue weighted by molar-refractivity contribution is 7.16. The van der Waals surface area contributed by atoms with Crippen molar-refractivity contribution in [2.45, 2.75) is 12.5 Å². The molecule has 0 radical (unpaired) electrons. The number of aliphatic hydroxyl groups excluding tert-OH is 1. The molecule has 0 bridgehead atoms. The molecule has 1 atom stereocenters. The third-order valence-corrected chi connectivity index (χ3v) is 3.65. The molecule has 0 aliphatic rings. The van der Waals surface area contributed by atoms with Gasteiger partial charge in [-0.05, 0) is 12.1 Å². The van der Waals surface area contributed by atoms with Gasteiger partial charge in [-0.3, -0.25) is 0 Å². The van der Waals surface area contributed by atoms with Crippen molar-refractivity contribution in [2.24, 2.45) is 0 Å². The zero-order chi connectivity index (χ0) is 13.3. The molecular formula is C12H8ClF3OS. The van der Waals surface area contributed by atoms with Crippen molar-refractivity contribution in [1.29, 1.82) is 0 Å². The van der Waals surface area contributed by atoms with Crippen molar-refractivity contribution in [1.82, 2.24) is 0 Å². The highest BCUT2D eigenvalue weighted by atomic mass is 35.5. The van der Waals surface area contributed by atoms with E-state index in [9.17, 15) is 18.3 Å². The van der Waals surface area contributed by atoms with E-state index in [0.29, 0.717) is 21.3 Å². The highest BCUT2D eigenvalue weighted by Crippen LogP contribution is 2.29. The van der Waals surface area contributed by atoms with Gasteiger partial charge in [0.15, 0.2) is 0 Å². The first-order valence-corrected chi connectivity index (χ1v) is 6.23. The van der Waals surface area contributed by atoms with Gasteiger partial charge in [-0.2, -0.15) is 0 Å². The van der Waals surface area contributed by atoms with Crippen molar-refractivity contribution in [2.75, 3.05) is 0 Å². The smallest absolute Gasteiger partial charge is 0.134 e. The van der Waals surface area contributed by atoms with E-state index in [0.717, 1.165) is 0 Å². The average Bonchev–Trinajstić information content (AvgIpc) is 2.62. The minimum absolute atomic E-state index is 0.0247. The third kappa shape index (κ3) is 2.85. The van der Waals surface area contributed by atoms with E-state index in [1.54, 1.807) is 12.1 Å². The van der Waals surface area contributed by atoms with Crippen molar-refractivity contribution >= 4 is 22.9 Å². The van der Waals surface area contributed by atoms with Crippen LogP contribution in [0.4, 0.5) is 13.2 Å². The number of benzene rings is 1. The normalized spacial score (nSPS) is 12.7. The van der Waals surface area contributed by atoms with E-state index in [1.807, 2.05) is 0 Å². The molecule has 1 unspecified atom stereocenters. The summed E-state index contributed by atoms with van der Waals surface area (Å²) in [6.07, 6.45) is -1.35. The fourth-order valence-electron chi connectivity index (χ4n) is 1.63. The summed E-state index contributed by atoms with van der Waals surface area (Å²) >= 11 is 6.92. The minimum atomic E-state index is -1.37. The lowest BCUT2D eigenvalue weighted by Crippen LogP contribution is -2.07. The van der Waals surface area contributed by atoms with Gasteiger partial charge in [0.05, 0.1) is 16.0 Å². The van der Waals surface area contributed by atoms with Crippen LogP contribution in [0.3, 0.4) is 0 Å². The van der Waals surface area contributed by atoms with E-state index in [2.05, 4.69) is 0 Å². The van der Waals surface area contributed by atoms with E-state index in [4.69, 9.17) is 11.6 Å². The van der Waals surface area contributed by atoms with Gasteiger partial charge in [-0.15, -0.1) is 11.3 Å². The van der Waals surface area contributed by atoms with Crippen LogP contribution in [0.1, 0.15) is 16.5 Å². The second-order valence-electron chi connectivity index (χ2n) is 3.71. The zero-order valence-electron chi connectivity index (χ0n) is 8.96. The average molecular weight is 293 g/mol. The fraction of sp³-hybridized carbons (Fsp3) is 0.167. The van der Waals surface area contributed by atoms with Crippen LogP contribution in [0.15, 0.2) is 24.3 Å². The number of thiophene rings is 1. The molecule has 0 spiro atoms. The topological polar surface area (TPSA) is 20.2 Å². The van der Waals surface area contributed by atoms with E-state index in [-0.39, 0.29) is 6.42 Å². The van der Waals surface area contributed by atoms with Crippen LogP contribution < -0.4 is 0 Å². The summed E-state index contributed by atoms with van der Waals surface area (Å²) < 4.78 is 40.1. The van der Waals surface area contributed by atoms with Gasteiger partial charge in [-0.25, -0.2) is 13.2 Å². The Kier molecular flexibility index (Phi) is 3.94. The number of rotatable bonds is 3. The standard InChI is InChI=1S/C12H8ClF3OS/c13-11-2-1-7(18-11)5-10(17)12-8(15)3-6(14)4-9(12)16/h1-4,10,17H,5H2. The molecule has 0 fully saturated rings. The predicted molar refractivity (Wildman–Crippen MR) is 64.3 cm³/mol. The molecule has 2 rings (SSSR count). The van der Waals surface area contributed by atoms with Gasteiger partial charge in [0.2, 0.25) is 0 Å². The second kappa shape index (κ2) is 5.30. The quantitative estimate of drug-likeness (QED) is 0.903.